The van der Waals surface area contributed by atoms with Crippen molar-refractivity contribution < 1.29 is 21.6 Å². The predicted octanol–water partition coefficient (Wildman–Crippen LogP) is 2.43. The Morgan fingerprint density at radius 3 is 2.58 bits per heavy atom. The number of aromatic nitrogens is 2. The van der Waals surface area contributed by atoms with Gasteiger partial charge in [0.15, 0.2) is 5.69 Å². The summed E-state index contributed by atoms with van der Waals surface area (Å²) in [6, 6.07) is 0.647. The van der Waals surface area contributed by atoms with Crippen LogP contribution in [-0.4, -0.2) is 29.7 Å². The van der Waals surface area contributed by atoms with Crippen molar-refractivity contribution in [1.82, 2.24) is 9.78 Å². The summed E-state index contributed by atoms with van der Waals surface area (Å²) in [5, 5.41) is 3.04. The standard InChI is InChI=1S/C11H15F3N2O2S/c1-19(17,18)9-4-2-3-8(7-9)16-6-5-10(15-16)11(12,13)14/h5-6,8-9H,2-4,7H2,1H3. The zero-order valence-electron chi connectivity index (χ0n) is 10.4. The van der Waals surface area contributed by atoms with Gasteiger partial charge in [-0.3, -0.25) is 4.68 Å². The molecule has 1 heterocycles. The molecule has 19 heavy (non-hydrogen) atoms. The van der Waals surface area contributed by atoms with Crippen molar-refractivity contribution in [3.8, 4) is 0 Å². The van der Waals surface area contributed by atoms with Crippen molar-refractivity contribution in [1.29, 1.82) is 0 Å². The number of hydrogen-bond acceptors (Lipinski definition) is 3. The molecule has 1 aromatic heterocycles. The second kappa shape index (κ2) is 4.81. The Morgan fingerprint density at radius 1 is 1.37 bits per heavy atom. The van der Waals surface area contributed by atoms with E-state index in [9.17, 15) is 21.6 Å². The normalized spacial score (nSPS) is 25.5. The highest BCUT2D eigenvalue weighted by Crippen LogP contribution is 2.33. The lowest BCUT2D eigenvalue weighted by Crippen LogP contribution is -2.29. The van der Waals surface area contributed by atoms with Crippen LogP contribution in [-0.2, 0) is 16.0 Å². The molecule has 1 saturated carbocycles. The van der Waals surface area contributed by atoms with Gasteiger partial charge in [-0.15, -0.1) is 0 Å². The molecule has 0 N–H and O–H groups in total. The molecule has 1 aliphatic rings. The minimum Gasteiger partial charge on any atom is -0.269 e. The lowest BCUT2D eigenvalue weighted by Gasteiger charge is -2.28. The first-order valence-corrected chi connectivity index (χ1v) is 7.94. The molecule has 0 aliphatic heterocycles. The van der Waals surface area contributed by atoms with Gasteiger partial charge in [-0.25, -0.2) is 8.42 Å². The topological polar surface area (TPSA) is 52.0 Å². The third kappa shape index (κ3) is 3.29. The minimum absolute atomic E-state index is 0.274. The van der Waals surface area contributed by atoms with Crippen LogP contribution in [0.4, 0.5) is 13.2 Å². The van der Waals surface area contributed by atoms with Crippen LogP contribution in [0.2, 0.25) is 0 Å². The van der Waals surface area contributed by atoms with Crippen LogP contribution in [0.5, 0.6) is 0 Å². The van der Waals surface area contributed by atoms with Crippen molar-refractivity contribution in [2.75, 3.05) is 6.26 Å². The van der Waals surface area contributed by atoms with Gasteiger partial charge in [0, 0.05) is 12.5 Å². The summed E-state index contributed by atoms with van der Waals surface area (Å²) in [4.78, 5) is 0. The number of halogens is 3. The molecule has 1 fully saturated rings. The van der Waals surface area contributed by atoms with Crippen molar-refractivity contribution in [2.45, 2.75) is 43.2 Å². The molecule has 1 aliphatic carbocycles. The smallest absolute Gasteiger partial charge is 0.269 e. The van der Waals surface area contributed by atoms with Gasteiger partial charge in [-0.2, -0.15) is 18.3 Å². The Kier molecular flexibility index (Phi) is 3.63. The zero-order valence-corrected chi connectivity index (χ0v) is 11.2. The summed E-state index contributed by atoms with van der Waals surface area (Å²) < 4.78 is 61.7. The first kappa shape index (κ1) is 14.4. The minimum atomic E-state index is -4.46. The molecular weight excluding hydrogens is 281 g/mol. The van der Waals surface area contributed by atoms with Crippen LogP contribution in [0.3, 0.4) is 0 Å². The van der Waals surface area contributed by atoms with E-state index in [4.69, 9.17) is 0 Å². The summed E-state index contributed by atoms with van der Waals surface area (Å²) in [6.45, 7) is 0. The number of rotatable bonds is 2. The van der Waals surface area contributed by atoms with Crippen molar-refractivity contribution in [2.24, 2.45) is 0 Å². The van der Waals surface area contributed by atoms with E-state index in [1.54, 1.807) is 0 Å². The van der Waals surface area contributed by atoms with Gasteiger partial charge < -0.3 is 0 Å². The first-order valence-electron chi connectivity index (χ1n) is 5.99. The lowest BCUT2D eigenvalue weighted by atomic mass is 9.95. The van der Waals surface area contributed by atoms with E-state index in [1.807, 2.05) is 0 Å². The molecule has 4 nitrogen and oxygen atoms in total. The molecule has 8 heteroatoms. The molecule has 1 aromatic rings. The molecular formula is C11H15F3N2O2S. The van der Waals surface area contributed by atoms with Crippen molar-refractivity contribution >= 4 is 9.84 Å². The maximum Gasteiger partial charge on any atom is 0.435 e. The van der Waals surface area contributed by atoms with Crippen LogP contribution in [0.25, 0.3) is 0 Å². The lowest BCUT2D eigenvalue weighted by molar-refractivity contribution is -0.141. The number of nitrogens with zero attached hydrogens (tertiary/aromatic N) is 2. The van der Waals surface area contributed by atoms with E-state index in [2.05, 4.69) is 5.10 Å². The van der Waals surface area contributed by atoms with Gasteiger partial charge in [0.25, 0.3) is 0 Å². The van der Waals surface area contributed by atoms with Crippen molar-refractivity contribution in [3.05, 3.63) is 18.0 Å². The number of hydrogen-bond donors (Lipinski definition) is 0. The predicted molar refractivity (Wildman–Crippen MR) is 63.4 cm³/mol. The third-order valence-corrected chi connectivity index (χ3v) is 5.12. The molecule has 2 unspecified atom stereocenters. The third-order valence-electron chi connectivity index (χ3n) is 3.48. The molecule has 0 amide bonds. The summed E-state index contributed by atoms with van der Waals surface area (Å²) in [5.41, 5.74) is -0.936. The molecule has 0 radical (unpaired) electrons. The zero-order chi connectivity index (χ0) is 14.3. The van der Waals surface area contributed by atoms with Gasteiger partial charge in [0.05, 0.1) is 11.3 Å². The second-order valence-corrected chi connectivity index (χ2v) is 7.28. The van der Waals surface area contributed by atoms with Crippen LogP contribution >= 0.6 is 0 Å². The fourth-order valence-electron chi connectivity index (χ4n) is 2.44. The first-order chi connectivity index (χ1) is 8.68. The van der Waals surface area contributed by atoms with Crippen molar-refractivity contribution in [3.63, 3.8) is 0 Å². The SMILES string of the molecule is CS(=O)(=O)C1CCCC(n2ccc(C(F)(F)F)n2)C1. The summed E-state index contributed by atoms with van der Waals surface area (Å²) in [5.74, 6) is 0. The summed E-state index contributed by atoms with van der Waals surface area (Å²) in [6.07, 6.45) is 0.230. The second-order valence-electron chi connectivity index (χ2n) is 4.95. The Morgan fingerprint density at radius 2 is 2.05 bits per heavy atom. The van der Waals surface area contributed by atoms with Gasteiger partial charge >= 0.3 is 6.18 Å². The molecule has 0 spiro atoms. The van der Waals surface area contributed by atoms with Gasteiger partial charge in [0.1, 0.15) is 9.84 Å². The average molecular weight is 296 g/mol. The van der Waals surface area contributed by atoms with E-state index in [0.29, 0.717) is 25.7 Å². The van der Waals surface area contributed by atoms with E-state index in [1.165, 1.54) is 17.1 Å². The Balaban J connectivity index is 2.16. The Bertz CT molecular complexity index is 551. The Hall–Kier alpha value is -1.05. The van der Waals surface area contributed by atoms with E-state index in [0.717, 1.165) is 6.07 Å². The largest absolute Gasteiger partial charge is 0.435 e. The van der Waals surface area contributed by atoms with Crippen LogP contribution in [0.1, 0.15) is 37.4 Å². The summed E-state index contributed by atoms with van der Waals surface area (Å²) in [7, 11) is -3.15. The van der Waals surface area contributed by atoms with E-state index < -0.39 is 27.0 Å². The number of sulfone groups is 1. The molecule has 0 aromatic carbocycles. The van der Waals surface area contributed by atoms with Crippen LogP contribution in [0, 0.1) is 0 Å². The Labute approximate surface area is 109 Å². The maximum absolute atomic E-state index is 12.5. The molecule has 0 bridgehead atoms. The average Bonchev–Trinajstić information content (AvgIpc) is 2.77. The quantitative estimate of drug-likeness (QED) is 0.842. The van der Waals surface area contributed by atoms with Gasteiger partial charge in [-0.1, -0.05) is 6.42 Å². The van der Waals surface area contributed by atoms with Crippen LogP contribution < -0.4 is 0 Å². The van der Waals surface area contributed by atoms with Crippen LogP contribution in [0.15, 0.2) is 12.3 Å². The molecule has 108 valence electrons. The fraction of sp³-hybridized carbons (Fsp3) is 0.727. The monoisotopic (exact) mass is 296 g/mol. The summed E-state index contributed by atoms with van der Waals surface area (Å²) >= 11 is 0. The highest BCUT2D eigenvalue weighted by Gasteiger charge is 2.35. The van der Waals surface area contributed by atoms with Gasteiger partial charge in [0.2, 0.25) is 0 Å². The highest BCUT2D eigenvalue weighted by molar-refractivity contribution is 7.91. The maximum atomic E-state index is 12.5. The molecule has 0 saturated heterocycles. The van der Waals surface area contributed by atoms with E-state index in [-0.39, 0.29) is 6.04 Å². The molecule has 2 atom stereocenters. The van der Waals surface area contributed by atoms with Gasteiger partial charge in [-0.05, 0) is 25.3 Å². The highest BCUT2D eigenvalue weighted by atomic mass is 32.2. The molecule has 2 rings (SSSR count). The van der Waals surface area contributed by atoms with E-state index >= 15 is 0 Å². The number of alkyl halides is 3. The fourth-order valence-corrected chi connectivity index (χ4v) is 3.61.